The molecule has 1 rings (SSSR count). The van der Waals surface area contributed by atoms with E-state index in [9.17, 15) is 4.79 Å². The van der Waals surface area contributed by atoms with Crippen molar-refractivity contribution in [3.8, 4) is 0 Å². The van der Waals surface area contributed by atoms with Crippen molar-refractivity contribution in [2.75, 3.05) is 12.1 Å². The monoisotopic (exact) mass is 200 g/mol. The van der Waals surface area contributed by atoms with Gasteiger partial charge >= 0.3 is 5.97 Å². The van der Waals surface area contributed by atoms with Gasteiger partial charge in [0.1, 0.15) is 0 Å². The minimum atomic E-state index is -1.05. The van der Waals surface area contributed by atoms with Crippen molar-refractivity contribution >= 4 is 23.3 Å². The Balaban J connectivity index is 3.13. The van der Waals surface area contributed by atoms with E-state index in [2.05, 4.69) is 0 Å². The Morgan fingerprint density at radius 1 is 1.62 bits per heavy atom. The van der Waals surface area contributed by atoms with Crippen LogP contribution in [0.2, 0.25) is 5.02 Å². The van der Waals surface area contributed by atoms with E-state index in [1.165, 1.54) is 17.1 Å². The zero-order valence-corrected chi connectivity index (χ0v) is 7.75. The van der Waals surface area contributed by atoms with Crippen molar-refractivity contribution in [3.05, 3.63) is 28.8 Å². The standard InChI is InChI=1S/C8H9ClN2O2/c1-11(10)5-2-3-6(8(12)13)7(9)4-5/h2-4H,10H2,1H3,(H,12,13). The molecular formula is C8H9ClN2O2. The highest BCUT2D eigenvalue weighted by atomic mass is 35.5. The normalized spacial score (nSPS) is 9.77. The topological polar surface area (TPSA) is 66.6 Å². The fraction of sp³-hybridized carbons (Fsp3) is 0.125. The van der Waals surface area contributed by atoms with Gasteiger partial charge in [0.05, 0.1) is 16.3 Å². The third-order valence-electron chi connectivity index (χ3n) is 1.59. The summed E-state index contributed by atoms with van der Waals surface area (Å²) in [6, 6.07) is 4.52. The SMILES string of the molecule is CN(N)c1ccc(C(=O)O)c(Cl)c1. The first-order chi connectivity index (χ1) is 6.02. The molecule has 70 valence electrons. The van der Waals surface area contributed by atoms with E-state index in [4.69, 9.17) is 22.6 Å². The van der Waals surface area contributed by atoms with Gasteiger partial charge in [-0.3, -0.25) is 0 Å². The fourth-order valence-corrected chi connectivity index (χ4v) is 1.15. The van der Waals surface area contributed by atoms with Crippen LogP contribution in [0.5, 0.6) is 0 Å². The number of nitrogens with zero attached hydrogens (tertiary/aromatic N) is 1. The number of anilines is 1. The lowest BCUT2D eigenvalue weighted by molar-refractivity contribution is 0.0697. The summed E-state index contributed by atoms with van der Waals surface area (Å²) in [6.45, 7) is 0. The van der Waals surface area contributed by atoms with Gasteiger partial charge in [-0.2, -0.15) is 0 Å². The van der Waals surface area contributed by atoms with E-state index < -0.39 is 5.97 Å². The summed E-state index contributed by atoms with van der Waals surface area (Å²) < 4.78 is 0. The average molecular weight is 201 g/mol. The largest absolute Gasteiger partial charge is 0.478 e. The van der Waals surface area contributed by atoms with Crippen molar-refractivity contribution in [1.82, 2.24) is 0 Å². The zero-order valence-electron chi connectivity index (χ0n) is 6.99. The quantitative estimate of drug-likeness (QED) is 0.559. The Bertz CT molecular complexity index is 339. The minimum absolute atomic E-state index is 0.0762. The fourth-order valence-electron chi connectivity index (χ4n) is 0.897. The summed E-state index contributed by atoms with van der Waals surface area (Å²) in [4.78, 5) is 10.6. The molecule has 0 saturated carbocycles. The van der Waals surface area contributed by atoms with Crippen LogP contribution in [-0.4, -0.2) is 18.1 Å². The number of hydrazine groups is 1. The first-order valence-corrected chi connectivity index (χ1v) is 3.91. The summed E-state index contributed by atoms with van der Waals surface area (Å²) in [5, 5.41) is 10.2. The number of aromatic carboxylic acids is 1. The van der Waals surface area contributed by atoms with Gasteiger partial charge in [-0.15, -0.1) is 0 Å². The molecule has 13 heavy (non-hydrogen) atoms. The Morgan fingerprint density at radius 2 is 2.23 bits per heavy atom. The number of halogens is 1. The third kappa shape index (κ3) is 2.11. The van der Waals surface area contributed by atoms with Crippen LogP contribution in [0, 0.1) is 0 Å². The Kier molecular flexibility index (Phi) is 2.75. The molecule has 0 radical (unpaired) electrons. The average Bonchev–Trinajstić information content (AvgIpc) is 2.03. The smallest absolute Gasteiger partial charge is 0.337 e. The highest BCUT2D eigenvalue weighted by Gasteiger charge is 2.09. The van der Waals surface area contributed by atoms with Gasteiger partial charge in [0.15, 0.2) is 0 Å². The van der Waals surface area contributed by atoms with E-state index in [1.54, 1.807) is 13.1 Å². The molecule has 0 fully saturated rings. The number of carboxylic acid groups (broad SMARTS) is 1. The van der Waals surface area contributed by atoms with E-state index in [-0.39, 0.29) is 10.6 Å². The molecule has 0 bridgehead atoms. The van der Waals surface area contributed by atoms with Crippen molar-refractivity contribution in [1.29, 1.82) is 0 Å². The Morgan fingerprint density at radius 3 is 2.62 bits per heavy atom. The van der Waals surface area contributed by atoms with Gasteiger partial charge in [0.25, 0.3) is 0 Å². The molecule has 0 aliphatic carbocycles. The van der Waals surface area contributed by atoms with Crippen LogP contribution in [0.25, 0.3) is 0 Å². The van der Waals surface area contributed by atoms with E-state index in [0.717, 1.165) is 0 Å². The molecule has 0 heterocycles. The first kappa shape index (κ1) is 9.83. The number of nitrogens with two attached hydrogens (primary N) is 1. The summed E-state index contributed by atoms with van der Waals surface area (Å²) >= 11 is 5.71. The molecule has 0 atom stereocenters. The molecule has 1 aromatic rings. The molecule has 0 amide bonds. The maximum absolute atomic E-state index is 10.6. The molecule has 3 N–H and O–H groups in total. The number of hydrogen-bond donors (Lipinski definition) is 2. The molecule has 5 heteroatoms. The minimum Gasteiger partial charge on any atom is -0.478 e. The predicted octanol–water partition coefficient (Wildman–Crippen LogP) is 1.35. The van der Waals surface area contributed by atoms with Crippen LogP contribution >= 0.6 is 11.6 Å². The van der Waals surface area contributed by atoms with Crippen LogP contribution in [-0.2, 0) is 0 Å². The van der Waals surface area contributed by atoms with Crippen LogP contribution in [0.4, 0.5) is 5.69 Å². The van der Waals surface area contributed by atoms with Crippen LogP contribution < -0.4 is 10.9 Å². The van der Waals surface area contributed by atoms with Crippen molar-refractivity contribution in [2.45, 2.75) is 0 Å². The molecule has 0 unspecified atom stereocenters. The second-order valence-corrected chi connectivity index (χ2v) is 2.99. The molecule has 0 aliphatic rings. The van der Waals surface area contributed by atoms with Crippen molar-refractivity contribution < 1.29 is 9.90 Å². The lowest BCUT2D eigenvalue weighted by Crippen LogP contribution is -2.24. The van der Waals surface area contributed by atoms with Crippen LogP contribution in [0.3, 0.4) is 0 Å². The van der Waals surface area contributed by atoms with Gasteiger partial charge < -0.3 is 10.1 Å². The summed E-state index contributed by atoms with van der Waals surface area (Å²) in [5.41, 5.74) is 0.738. The lowest BCUT2D eigenvalue weighted by atomic mass is 10.2. The van der Waals surface area contributed by atoms with Gasteiger partial charge in [-0.1, -0.05) is 11.6 Å². The molecule has 0 spiro atoms. The highest BCUT2D eigenvalue weighted by molar-refractivity contribution is 6.33. The van der Waals surface area contributed by atoms with Crippen molar-refractivity contribution in [2.24, 2.45) is 5.84 Å². The summed E-state index contributed by atoms with van der Waals surface area (Å²) in [6.07, 6.45) is 0. The molecule has 0 saturated heterocycles. The van der Waals surface area contributed by atoms with Gasteiger partial charge in [0, 0.05) is 7.05 Å². The molecule has 4 nitrogen and oxygen atoms in total. The molecule has 0 aromatic heterocycles. The van der Waals surface area contributed by atoms with Crippen LogP contribution in [0.1, 0.15) is 10.4 Å². The number of carboxylic acids is 1. The predicted molar refractivity (Wildman–Crippen MR) is 51.0 cm³/mol. The Labute approximate surface area is 80.5 Å². The van der Waals surface area contributed by atoms with E-state index in [0.29, 0.717) is 5.69 Å². The zero-order chi connectivity index (χ0) is 10.0. The van der Waals surface area contributed by atoms with Gasteiger partial charge in [-0.25, -0.2) is 10.6 Å². The molecule has 1 aromatic carbocycles. The highest BCUT2D eigenvalue weighted by Crippen LogP contribution is 2.21. The van der Waals surface area contributed by atoms with E-state index >= 15 is 0 Å². The second kappa shape index (κ2) is 3.64. The molecule has 0 aliphatic heterocycles. The lowest BCUT2D eigenvalue weighted by Gasteiger charge is -2.12. The van der Waals surface area contributed by atoms with Crippen molar-refractivity contribution in [3.63, 3.8) is 0 Å². The van der Waals surface area contributed by atoms with Gasteiger partial charge in [0.2, 0.25) is 0 Å². The number of hydrogen-bond acceptors (Lipinski definition) is 3. The molecular weight excluding hydrogens is 192 g/mol. The summed E-state index contributed by atoms with van der Waals surface area (Å²) in [5.74, 6) is 4.39. The Hall–Kier alpha value is -1.26. The second-order valence-electron chi connectivity index (χ2n) is 2.58. The maximum Gasteiger partial charge on any atom is 0.337 e. The van der Waals surface area contributed by atoms with Crippen LogP contribution in [0.15, 0.2) is 18.2 Å². The van der Waals surface area contributed by atoms with Gasteiger partial charge in [-0.05, 0) is 18.2 Å². The first-order valence-electron chi connectivity index (χ1n) is 3.53. The number of benzene rings is 1. The summed E-state index contributed by atoms with van der Waals surface area (Å²) in [7, 11) is 1.64. The maximum atomic E-state index is 10.6. The third-order valence-corrected chi connectivity index (χ3v) is 1.90. The number of carbonyl (C=O) groups is 1. The number of rotatable bonds is 2. The van der Waals surface area contributed by atoms with E-state index in [1.807, 2.05) is 0 Å².